The van der Waals surface area contributed by atoms with Crippen molar-refractivity contribution in [1.29, 1.82) is 0 Å². The van der Waals surface area contributed by atoms with Gasteiger partial charge in [0.2, 0.25) is 0 Å². The van der Waals surface area contributed by atoms with Crippen LogP contribution in [0, 0.1) is 6.92 Å². The summed E-state index contributed by atoms with van der Waals surface area (Å²) in [5, 5.41) is 2.59. The van der Waals surface area contributed by atoms with Crippen LogP contribution in [0.2, 0.25) is 0 Å². The van der Waals surface area contributed by atoms with Crippen molar-refractivity contribution in [2.24, 2.45) is 0 Å². The third-order valence-electron chi connectivity index (χ3n) is 4.41. The van der Waals surface area contributed by atoms with Crippen molar-refractivity contribution < 1.29 is 27.4 Å². The third-order valence-corrected chi connectivity index (χ3v) is 4.41. The van der Waals surface area contributed by atoms with E-state index in [0.29, 0.717) is 44.9 Å². The van der Waals surface area contributed by atoms with E-state index < -0.39 is 23.4 Å². The van der Waals surface area contributed by atoms with Crippen molar-refractivity contribution in [1.82, 2.24) is 4.90 Å². The zero-order valence-corrected chi connectivity index (χ0v) is 13.3. The van der Waals surface area contributed by atoms with Gasteiger partial charge in [0.15, 0.2) is 0 Å². The van der Waals surface area contributed by atoms with Crippen LogP contribution < -0.4 is 5.32 Å². The Morgan fingerprint density at radius 2 is 2.12 bits per heavy atom. The van der Waals surface area contributed by atoms with Crippen LogP contribution in [-0.4, -0.2) is 49.4 Å². The number of morpholine rings is 1. The molecule has 8 heteroatoms. The SMILES string of the molecule is Cc1ccc(C(F)(F)F)cc1NC(=O)N1CCO[C@@]2(CCOC2)C1. The number of rotatable bonds is 1. The van der Waals surface area contributed by atoms with Crippen molar-refractivity contribution in [2.75, 3.05) is 38.2 Å². The molecule has 1 N–H and O–H groups in total. The molecule has 2 amide bonds. The number of anilines is 1. The highest BCUT2D eigenvalue weighted by molar-refractivity contribution is 5.90. The average molecular weight is 344 g/mol. The van der Waals surface area contributed by atoms with Crippen LogP contribution in [0.4, 0.5) is 23.7 Å². The summed E-state index contributed by atoms with van der Waals surface area (Å²) in [6.07, 6.45) is -3.74. The van der Waals surface area contributed by atoms with E-state index in [2.05, 4.69) is 5.32 Å². The minimum Gasteiger partial charge on any atom is -0.378 e. The molecule has 2 saturated heterocycles. The lowest BCUT2D eigenvalue weighted by molar-refractivity contribution is -0.137. The molecule has 0 radical (unpaired) electrons. The number of benzene rings is 1. The van der Waals surface area contributed by atoms with Gasteiger partial charge in [-0.2, -0.15) is 13.2 Å². The van der Waals surface area contributed by atoms with E-state index in [4.69, 9.17) is 9.47 Å². The monoisotopic (exact) mass is 344 g/mol. The lowest BCUT2D eigenvalue weighted by Crippen LogP contribution is -2.55. The van der Waals surface area contributed by atoms with E-state index in [9.17, 15) is 18.0 Å². The number of nitrogens with zero attached hydrogens (tertiary/aromatic N) is 1. The van der Waals surface area contributed by atoms with Gasteiger partial charge in [-0.1, -0.05) is 6.07 Å². The second kappa shape index (κ2) is 6.25. The third kappa shape index (κ3) is 3.49. The quantitative estimate of drug-likeness (QED) is 0.852. The molecule has 0 bridgehead atoms. The van der Waals surface area contributed by atoms with Crippen LogP contribution in [0.25, 0.3) is 0 Å². The molecule has 1 atom stereocenters. The first-order valence-electron chi connectivity index (χ1n) is 7.75. The van der Waals surface area contributed by atoms with Crippen molar-refractivity contribution in [3.63, 3.8) is 0 Å². The number of aryl methyl sites for hydroxylation is 1. The number of alkyl halides is 3. The molecule has 1 spiro atoms. The Hall–Kier alpha value is -1.80. The number of nitrogens with one attached hydrogen (secondary N) is 1. The van der Waals surface area contributed by atoms with Crippen LogP contribution in [0.15, 0.2) is 18.2 Å². The van der Waals surface area contributed by atoms with E-state index in [-0.39, 0.29) is 5.69 Å². The summed E-state index contributed by atoms with van der Waals surface area (Å²) in [5.74, 6) is 0. The van der Waals surface area contributed by atoms with Crippen LogP contribution in [0.1, 0.15) is 17.5 Å². The van der Waals surface area contributed by atoms with Gasteiger partial charge in [0, 0.05) is 25.3 Å². The van der Waals surface area contributed by atoms with Gasteiger partial charge in [0.05, 0.1) is 25.3 Å². The summed E-state index contributed by atoms with van der Waals surface area (Å²) in [5.41, 5.74) is -0.536. The molecule has 24 heavy (non-hydrogen) atoms. The molecule has 1 aromatic rings. The predicted octanol–water partition coefficient (Wildman–Crippen LogP) is 3.04. The summed E-state index contributed by atoms with van der Waals surface area (Å²) in [7, 11) is 0. The number of halogens is 3. The highest BCUT2D eigenvalue weighted by Crippen LogP contribution is 2.32. The topological polar surface area (TPSA) is 50.8 Å². The van der Waals surface area contributed by atoms with Gasteiger partial charge in [0.25, 0.3) is 0 Å². The maximum absolute atomic E-state index is 12.8. The van der Waals surface area contributed by atoms with E-state index >= 15 is 0 Å². The molecule has 5 nitrogen and oxygen atoms in total. The first-order valence-corrected chi connectivity index (χ1v) is 7.75. The lowest BCUT2D eigenvalue weighted by atomic mass is 10.0. The van der Waals surface area contributed by atoms with E-state index in [1.165, 1.54) is 6.07 Å². The zero-order chi connectivity index (χ0) is 17.4. The highest BCUT2D eigenvalue weighted by atomic mass is 19.4. The van der Waals surface area contributed by atoms with Gasteiger partial charge in [-0.15, -0.1) is 0 Å². The molecule has 0 saturated carbocycles. The Morgan fingerprint density at radius 1 is 1.33 bits per heavy atom. The Bertz CT molecular complexity index is 627. The summed E-state index contributed by atoms with van der Waals surface area (Å²) in [6.45, 7) is 3.82. The van der Waals surface area contributed by atoms with Crippen molar-refractivity contribution in [3.8, 4) is 0 Å². The van der Waals surface area contributed by atoms with Gasteiger partial charge in [0.1, 0.15) is 5.60 Å². The number of carbonyl (C=O) groups is 1. The summed E-state index contributed by atoms with van der Waals surface area (Å²) in [4.78, 5) is 14.0. The van der Waals surface area contributed by atoms with E-state index in [1.54, 1.807) is 11.8 Å². The molecule has 0 aromatic heterocycles. The summed E-state index contributed by atoms with van der Waals surface area (Å²) < 4.78 is 49.6. The first kappa shape index (κ1) is 17.0. The molecule has 132 valence electrons. The number of hydrogen-bond acceptors (Lipinski definition) is 3. The second-order valence-electron chi connectivity index (χ2n) is 6.21. The minimum atomic E-state index is -4.45. The molecule has 1 aromatic carbocycles. The average Bonchev–Trinajstić information content (AvgIpc) is 2.96. The number of carbonyl (C=O) groups excluding carboxylic acids is 1. The molecule has 0 unspecified atom stereocenters. The zero-order valence-electron chi connectivity index (χ0n) is 13.3. The minimum absolute atomic E-state index is 0.165. The summed E-state index contributed by atoms with van der Waals surface area (Å²) in [6, 6.07) is 2.89. The van der Waals surface area contributed by atoms with Gasteiger partial charge < -0.3 is 19.7 Å². The Kier molecular flexibility index (Phi) is 4.44. The fourth-order valence-corrected chi connectivity index (χ4v) is 2.97. The van der Waals surface area contributed by atoms with Gasteiger partial charge in [-0.25, -0.2) is 4.79 Å². The molecule has 2 aliphatic heterocycles. The van der Waals surface area contributed by atoms with Crippen molar-refractivity contribution >= 4 is 11.7 Å². The first-order chi connectivity index (χ1) is 11.3. The number of ether oxygens (including phenoxy) is 2. The van der Waals surface area contributed by atoms with Gasteiger partial charge in [-0.3, -0.25) is 0 Å². The van der Waals surface area contributed by atoms with Crippen molar-refractivity contribution in [2.45, 2.75) is 25.1 Å². The fraction of sp³-hybridized carbons (Fsp3) is 0.562. The van der Waals surface area contributed by atoms with Crippen LogP contribution in [0.3, 0.4) is 0 Å². The molecular formula is C16H19F3N2O3. The lowest BCUT2D eigenvalue weighted by Gasteiger charge is -2.39. The normalized spacial score (nSPS) is 24.4. The van der Waals surface area contributed by atoms with Gasteiger partial charge >= 0.3 is 12.2 Å². The van der Waals surface area contributed by atoms with Gasteiger partial charge in [-0.05, 0) is 24.6 Å². The summed E-state index contributed by atoms with van der Waals surface area (Å²) >= 11 is 0. The standard InChI is InChI=1S/C16H19F3N2O3/c1-11-2-3-12(16(17,18)19)8-13(11)20-14(22)21-5-7-24-15(9-21)4-6-23-10-15/h2-3,8H,4-7,9-10H2,1H3,(H,20,22)/t15-/m0/s1. The molecule has 2 aliphatic rings. The van der Waals surface area contributed by atoms with Crippen molar-refractivity contribution in [3.05, 3.63) is 29.3 Å². The largest absolute Gasteiger partial charge is 0.416 e. The molecule has 2 heterocycles. The second-order valence-corrected chi connectivity index (χ2v) is 6.21. The smallest absolute Gasteiger partial charge is 0.378 e. The maximum atomic E-state index is 12.8. The molecule has 2 fully saturated rings. The number of urea groups is 1. The molecule has 3 rings (SSSR count). The number of hydrogen-bond donors (Lipinski definition) is 1. The van der Waals surface area contributed by atoms with E-state index in [1.807, 2.05) is 0 Å². The predicted molar refractivity (Wildman–Crippen MR) is 80.9 cm³/mol. The number of amides is 2. The Labute approximate surface area is 137 Å². The molecular weight excluding hydrogens is 325 g/mol. The highest BCUT2D eigenvalue weighted by Gasteiger charge is 2.41. The van der Waals surface area contributed by atoms with Crippen LogP contribution in [0.5, 0.6) is 0 Å². The van der Waals surface area contributed by atoms with Crippen LogP contribution >= 0.6 is 0 Å². The van der Waals surface area contributed by atoms with E-state index in [0.717, 1.165) is 12.1 Å². The Morgan fingerprint density at radius 3 is 2.79 bits per heavy atom. The fourth-order valence-electron chi connectivity index (χ4n) is 2.97. The molecule has 0 aliphatic carbocycles. The maximum Gasteiger partial charge on any atom is 0.416 e. The van der Waals surface area contributed by atoms with Crippen LogP contribution in [-0.2, 0) is 15.7 Å². The Balaban J connectivity index is 1.72.